The molecule has 1 heterocycles. The zero-order valence-electron chi connectivity index (χ0n) is 12.5. The van der Waals surface area contributed by atoms with Crippen LogP contribution < -0.4 is 5.73 Å². The lowest BCUT2D eigenvalue weighted by Gasteiger charge is -2.15. The van der Waals surface area contributed by atoms with Gasteiger partial charge in [-0.05, 0) is 37.7 Å². The number of nitrogens with zero attached hydrogens (tertiary/aromatic N) is 1. The van der Waals surface area contributed by atoms with Crippen molar-refractivity contribution in [1.82, 2.24) is 4.90 Å². The van der Waals surface area contributed by atoms with E-state index in [-0.39, 0.29) is 11.9 Å². The molecule has 1 amide bonds. The van der Waals surface area contributed by atoms with Crippen LogP contribution in [0.15, 0.2) is 0 Å². The number of carbonyl (C=O) groups is 2. The Hall–Kier alpha value is -0.750. The van der Waals surface area contributed by atoms with Crippen LogP contribution in [0.2, 0.25) is 0 Å². The Morgan fingerprint density at radius 2 is 2.05 bits per heavy atom. The van der Waals surface area contributed by atoms with Crippen molar-refractivity contribution in [2.45, 2.75) is 45.6 Å². The second kappa shape index (κ2) is 13.7. The van der Waals surface area contributed by atoms with Crippen LogP contribution in [-0.4, -0.2) is 53.5 Å². The molecule has 0 radical (unpaired) electrons. The fourth-order valence-electron chi connectivity index (χ4n) is 1.43. The van der Waals surface area contributed by atoms with Crippen LogP contribution in [0, 0.1) is 0 Å². The largest absolute Gasteiger partial charge is 0.481 e. The molecule has 1 fully saturated rings. The molecule has 1 atom stereocenters. The van der Waals surface area contributed by atoms with Gasteiger partial charge in [0.2, 0.25) is 5.91 Å². The Morgan fingerprint density at radius 3 is 2.42 bits per heavy atom. The number of thioether (sulfide) groups is 1. The molecule has 114 valence electrons. The standard InChI is InChI=1S/C7H14N2O.C4H10S.C2H4O2/c1-9-5-3-2-4-6(8)7(9)10;1-3-4-5-2;1-2(3)4/h6H,2-5,8H2,1H3;3-4H2,1-2H3;1H3,(H,3,4). The highest BCUT2D eigenvalue weighted by Gasteiger charge is 2.19. The van der Waals surface area contributed by atoms with Gasteiger partial charge in [-0.25, -0.2) is 0 Å². The number of carboxylic acid groups (broad SMARTS) is 1. The highest BCUT2D eigenvalue weighted by atomic mass is 32.2. The van der Waals surface area contributed by atoms with Crippen LogP contribution >= 0.6 is 11.8 Å². The van der Waals surface area contributed by atoms with Gasteiger partial charge in [-0.2, -0.15) is 11.8 Å². The summed E-state index contributed by atoms with van der Waals surface area (Å²) in [6.07, 6.45) is 6.46. The number of likely N-dealkylation sites (N-methyl/N-ethyl adjacent to an activating group) is 1. The molecule has 19 heavy (non-hydrogen) atoms. The summed E-state index contributed by atoms with van der Waals surface area (Å²) in [6.45, 7) is 4.14. The first-order valence-electron chi connectivity index (χ1n) is 6.55. The minimum absolute atomic E-state index is 0.0949. The Morgan fingerprint density at radius 1 is 1.53 bits per heavy atom. The number of aliphatic carboxylic acids is 1. The average molecular weight is 292 g/mol. The van der Waals surface area contributed by atoms with E-state index < -0.39 is 5.97 Å². The molecule has 0 aromatic carbocycles. The molecule has 1 aliphatic rings. The highest BCUT2D eigenvalue weighted by molar-refractivity contribution is 7.98. The summed E-state index contributed by atoms with van der Waals surface area (Å²) in [6, 6.07) is -0.243. The van der Waals surface area contributed by atoms with E-state index in [4.69, 9.17) is 15.6 Å². The molecule has 0 spiro atoms. The molecule has 1 saturated heterocycles. The lowest BCUT2D eigenvalue weighted by molar-refractivity contribution is -0.134. The predicted octanol–water partition coefficient (Wildman–Crippen LogP) is 1.81. The summed E-state index contributed by atoms with van der Waals surface area (Å²) < 4.78 is 0. The number of rotatable bonds is 2. The molecule has 0 aromatic heterocycles. The van der Waals surface area contributed by atoms with E-state index in [0.717, 1.165) is 32.7 Å². The fraction of sp³-hybridized carbons (Fsp3) is 0.846. The first kappa shape index (κ1) is 20.6. The minimum atomic E-state index is -0.833. The van der Waals surface area contributed by atoms with Crippen LogP contribution in [-0.2, 0) is 9.59 Å². The lowest BCUT2D eigenvalue weighted by Crippen LogP contribution is -2.39. The Labute approximate surface area is 120 Å². The normalized spacial score (nSPS) is 18.5. The van der Waals surface area contributed by atoms with Crippen molar-refractivity contribution in [1.29, 1.82) is 0 Å². The molecule has 0 aliphatic carbocycles. The van der Waals surface area contributed by atoms with Crippen LogP contribution in [0.4, 0.5) is 0 Å². The van der Waals surface area contributed by atoms with Crippen LogP contribution in [0.3, 0.4) is 0 Å². The van der Waals surface area contributed by atoms with Gasteiger partial charge in [0.05, 0.1) is 6.04 Å². The predicted molar refractivity (Wildman–Crippen MR) is 81.4 cm³/mol. The van der Waals surface area contributed by atoms with Crippen molar-refractivity contribution in [2.75, 3.05) is 25.6 Å². The minimum Gasteiger partial charge on any atom is -0.481 e. The molecule has 3 N–H and O–H groups in total. The summed E-state index contributed by atoms with van der Waals surface area (Å²) in [5.41, 5.74) is 5.58. The van der Waals surface area contributed by atoms with Gasteiger partial charge in [-0.15, -0.1) is 0 Å². The number of carbonyl (C=O) groups excluding carboxylic acids is 1. The smallest absolute Gasteiger partial charge is 0.300 e. The maximum Gasteiger partial charge on any atom is 0.300 e. The van der Waals surface area contributed by atoms with Crippen molar-refractivity contribution < 1.29 is 14.7 Å². The Balaban J connectivity index is 0. The van der Waals surface area contributed by atoms with Gasteiger partial charge in [-0.3, -0.25) is 9.59 Å². The Kier molecular flexibility index (Phi) is 14.8. The van der Waals surface area contributed by atoms with E-state index in [9.17, 15) is 4.79 Å². The highest BCUT2D eigenvalue weighted by Crippen LogP contribution is 2.07. The van der Waals surface area contributed by atoms with E-state index in [1.807, 2.05) is 18.8 Å². The third-order valence-corrected chi connectivity index (χ3v) is 3.18. The van der Waals surface area contributed by atoms with Crippen molar-refractivity contribution in [3.63, 3.8) is 0 Å². The maximum absolute atomic E-state index is 11.1. The molecule has 0 aromatic rings. The molecule has 1 unspecified atom stereocenters. The average Bonchev–Trinajstić information content (AvgIpc) is 2.46. The van der Waals surface area contributed by atoms with E-state index in [1.54, 1.807) is 4.90 Å². The number of carboxylic acids is 1. The third-order valence-electron chi connectivity index (χ3n) is 2.36. The fourth-order valence-corrected chi connectivity index (χ4v) is 1.84. The van der Waals surface area contributed by atoms with Gasteiger partial charge < -0.3 is 15.7 Å². The molecule has 6 heteroatoms. The molecule has 1 rings (SSSR count). The van der Waals surface area contributed by atoms with Gasteiger partial charge in [0.25, 0.3) is 5.97 Å². The summed E-state index contributed by atoms with van der Waals surface area (Å²) in [7, 11) is 1.81. The molecule has 5 nitrogen and oxygen atoms in total. The first-order valence-corrected chi connectivity index (χ1v) is 7.95. The van der Waals surface area contributed by atoms with Gasteiger partial charge in [0.1, 0.15) is 0 Å². The number of hydrogen-bond acceptors (Lipinski definition) is 4. The van der Waals surface area contributed by atoms with E-state index >= 15 is 0 Å². The van der Waals surface area contributed by atoms with Crippen molar-refractivity contribution in [2.24, 2.45) is 5.73 Å². The SMILES string of the molecule is CC(=O)O.CCCSC.CN1CCCCC(N)C1=O. The van der Waals surface area contributed by atoms with Gasteiger partial charge in [0, 0.05) is 20.5 Å². The number of hydrogen-bond donors (Lipinski definition) is 2. The quantitative estimate of drug-likeness (QED) is 0.811. The lowest BCUT2D eigenvalue weighted by atomic mass is 10.1. The van der Waals surface area contributed by atoms with Crippen molar-refractivity contribution in [3.05, 3.63) is 0 Å². The zero-order chi connectivity index (χ0) is 15.3. The van der Waals surface area contributed by atoms with Crippen LogP contribution in [0.5, 0.6) is 0 Å². The number of nitrogens with two attached hydrogens (primary N) is 1. The van der Waals surface area contributed by atoms with E-state index in [1.165, 1.54) is 12.2 Å². The number of likely N-dealkylation sites (tertiary alicyclic amines) is 1. The molecule has 0 bridgehead atoms. The maximum atomic E-state index is 11.1. The van der Waals surface area contributed by atoms with Crippen LogP contribution in [0.1, 0.15) is 39.5 Å². The Bertz CT molecular complexity index is 230. The summed E-state index contributed by atoms with van der Waals surface area (Å²) in [4.78, 5) is 21.9. The summed E-state index contributed by atoms with van der Waals surface area (Å²) >= 11 is 1.90. The molecular weight excluding hydrogens is 264 g/mol. The second-order valence-electron chi connectivity index (χ2n) is 4.37. The zero-order valence-corrected chi connectivity index (χ0v) is 13.3. The van der Waals surface area contributed by atoms with Gasteiger partial charge >= 0.3 is 0 Å². The van der Waals surface area contributed by atoms with E-state index in [2.05, 4.69) is 13.2 Å². The van der Waals surface area contributed by atoms with Crippen molar-refractivity contribution >= 4 is 23.6 Å². The topological polar surface area (TPSA) is 83.6 Å². The first-order chi connectivity index (χ1) is 8.86. The monoisotopic (exact) mass is 292 g/mol. The van der Waals surface area contributed by atoms with Crippen molar-refractivity contribution in [3.8, 4) is 0 Å². The third kappa shape index (κ3) is 15.2. The molecule has 1 aliphatic heterocycles. The molecule has 0 saturated carbocycles. The number of amides is 1. The second-order valence-corrected chi connectivity index (χ2v) is 5.36. The van der Waals surface area contributed by atoms with Gasteiger partial charge in [-0.1, -0.05) is 6.92 Å². The summed E-state index contributed by atoms with van der Waals surface area (Å²) in [5, 5.41) is 7.42. The molecular formula is C13H28N2O3S. The van der Waals surface area contributed by atoms with Crippen LogP contribution in [0.25, 0.3) is 0 Å². The van der Waals surface area contributed by atoms with Gasteiger partial charge in [0.15, 0.2) is 0 Å². The van der Waals surface area contributed by atoms with E-state index in [0.29, 0.717) is 0 Å². The summed E-state index contributed by atoms with van der Waals surface area (Å²) in [5.74, 6) is 0.567.